The number of halogens is 1. The van der Waals surface area contributed by atoms with Crippen molar-refractivity contribution in [2.45, 2.75) is 63.1 Å². The van der Waals surface area contributed by atoms with Gasteiger partial charge in [0.1, 0.15) is 6.69 Å². The van der Waals surface area contributed by atoms with Gasteiger partial charge in [-0.25, -0.2) is 0 Å². The van der Waals surface area contributed by atoms with E-state index < -0.39 is 14.8 Å². The third kappa shape index (κ3) is 2.69. The predicted molar refractivity (Wildman–Crippen MR) is 70.9 cm³/mol. The number of hydrogen-bond donors (Lipinski definition) is 0. The summed E-state index contributed by atoms with van der Waals surface area (Å²) in [6, 6.07) is 7.70. The topological polar surface area (TPSA) is 0 Å². The second kappa shape index (κ2) is 4.62. The van der Waals surface area contributed by atoms with Crippen LogP contribution in [-0.4, -0.2) is 14.8 Å². The maximum atomic E-state index is 4.13. The van der Waals surface area contributed by atoms with E-state index in [0.29, 0.717) is 0 Å². The highest BCUT2D eigenvalue weighted by molar-refractivity contribution is 9.26. The van der Waals surface area contributed by atoms with Crippen LogP contribution in [0.1, 0.15) is 27.2 Å². The second-order valence-corrected chi connectivity index (χ2v) is 19.6. The number of rotatable bonds is 3. The Balaban J connectivity index is 2.69. The van der Waals surface area contributed by atoms with Crippen LogP contribution in [0.2, 0.25) is 35.9 Å². The Kier molecular flexibility index (Phi) is 4.26. The van der Waals surface area contributed by atoms with E-state index in [9.17, 15) is 0 Å². The molecule has 13 heavy (non-hydrogen) atoms. The summed E-state index contributed by atoms with van der Waals surface area (Å²) in [6.45, 7) is 6.37. The van der Waals surface area contributed by atoms with Crippen LogP contribution in [-0.2, 0) is 0 Å². The first kappa shape index (κ1) is 12.0. The highest BCUT2D eigenvalue weighted by Gasteiger charge is 2.43. The third-order valence-electron chi connectivity index (χ3n) is 4.16. The Morgan fingerprint density at radius 2 is 1.62 bits per heavy atom. The molecular formula is C10H23BrSi2. The average molecular weight is 279 g/mol. The molecule has 0 aromatic heterocycles. The molecule has 1 atom stereocenters. The van der Waals surface area contributed by atoms with Crippen molar-refractivity contribution in [1.29, 1.82) is 0 Å². The minimum absolute atomic E-state index is 0.772. The quantitative estimate of drug-likeness (QED) is 0.515. The maximum absolute atomic E-state index is 4.13. The first-order valence-corrected chi connectivity index (χ1v) is 13.5. The van der Waals surface area contributed by atoms with Crippen LogP contribution in [0.5, 0.6) is 0 Å². The maximum Gasteiger partial charge on any atom is 0.127 e. The lowest BCUT2D eigenvalue weighted by Gasteiger charge is -2.41. The fourth-order valence-corrected chi connectivity index (χ4v) is 22.4. The molecule has 3 heteroatoms. The molecule has 1 aliphatic rings. The molecule has 1 heterocycles. The van der Waals surface area contributed by atoms with Crippen molar-refractivity contribution in [1.82, 2.24) is 0 Å². The van der Waals surface area contributed by atoms with Crippen LogP contribution in [0.15, 0.2) is 0 Å². The zero-order chi connectivity index (χ0) is 9.95. The van der Waals surface area contributed by atoms with Gasteiger partial charge in [-0.1, -0.05) is 57.0 Å². The molecule has 1 saturated heterocycles. The minimum atomic E-state index is -0.914. The Labute approximate surface area is 93.1 Å². The predicted octanol–water partition coefficient (Wildman–Crippen LogP) is 4.78. The van der Waals surface area contributed by atoms with Gasteiger partial charge in [0.05, 0.1) is 8.07 Å². The van der Waals surface area contributed by atoms with Gasteiger partial charge in [-0.05, 0) is 6.04 Å². The molecule has 1 rings (SSSR count). The largest absolute Gasteiger partial charge is 0.127 e. The fraction of sp³-hybridized carbons (Fsp3) is 1.00. The van der Waals surface area contributed by atoms with Crippen LogP contribution in [0.25, 0.3) is 0 Å². The van der Waals surface area contributed by atoms with E-state index >= 15 is 0 Å². The Bertz CT molecular complexity index is 168. The lowest BCUT2D eigenvalue weighted by molar-refractivity contribution is 0.949. The summed E-state index contributed by atoms with van der Waals surface area (Å²) in [5.74, 6) is 0. The second-order valence-electron chi connectivity index (χ2n) is 4.74. The van der Waals surface area contributed by atoms with Crippen LogP contribution in [0.3, 0.4) is 0 Å². The van der Waals surface area contributed by atoms with E-state index in [1.165, 1.54) is 18.1 Å². The summed E-state index contributed by atoms with van der Waals surface area (Å²) in [4.78, 5) is 0. The van der Waals surface area contributed by atoms with Gasteiger partial charge >= 0.3 is 0 Å². The van der Waals surface area contributed by atoms with Gasteiger partial charge in [-0.3, -0.25) is 0 Å². The van der Waals surface area contributed by atoms with Crippen LogP contribution >= 0.6 is 15.3 Å². The van der Waals surface area contributed by atoms with E-state index in [1.807, 2.05) is 0 Å². The van der Waals surface area contributed by atoms with Crippen molar-refractivity contribution in [3.8, 4) is 0 Å². The summed E-state index contributed by atoms with van der Waals surface area (Å²) in [7, 11) is -0.772. The molecule has 0 aliphatic carbocycles. The van der Waals surface area contributed by atoms with Crippen LogP contribution in [0, 0.1) is 0 Å². The first-order chi connectivity index (χ1) is 6.10. The van der Waals surface area contributed by atoms with E-state index in [2.05, 4.69) is 36.1 Å². The van der Waals surface area contributed by atoms with Crippen molar-refractivity contribution >= 4 is 30.1 Å². The SMILES string of the molecule is CC[Si]1(Br)CCC[Si](CC)(CC)C1. The molecule has 0 bridgehead atoms. The zero-order valence-electron chi connectivity index (χ0n) is 9.33. The molecule has 0 aromatic carbocycles. The molecule has 0 N–H and O–H groups in total. The van der Waals surface area contributed by atoms with E-state index in [-0.39, 0.29) is 0 Å². The van der Waals surface area contributed by atoms with Crippen molar-refractivity contribution < 1.29 is 0 Å². The molecule has 0 saturated carbocycles. The minimum Gasteiger partial charge on any atom is -0.126 e. The molecule has 0 spiro atoms. The molecule has 1 aliphatic heterocycles. The lowest BCUT2D eigenvalue weighted by atomic mass is 10.6. The van der Waals surface area contributed by atoms with Crippen LogP contribution in [0.4, 0.5) is 0 Å². The average Bonchev–Trinajstić information content (AvgIpc) is 2.18. The van der Waals surface area contributed by atoms with Gasteiger partial charge in [-0.15, -0.1) is 15.3 Å². The standard InChI is InChI=1S/C10H23BrSi2/c1-4-12(5-2)8-7-9-13(11,6-3)10-12/h4-10H2,1-3H3. The normalized spacial score (nSPS) is 33.2. The van der Waals surface area contributed by atoms with Crippen molar-refractivity contribution in [3.05, 3.63) is 0 Å². The lowest BCUT2D eigenvalue weighted by Crippen LogP contribution is -2.46. The molecule has 1 fully saturated rings. The van der Waals surface area contributed by atoms with E-state index in [1.54, 1.807) is 24.2 Å². The van der Waals surface area contributed by atoms with Crippen LogP contribution < -0.4 is 0 Å². The van der Waals surface area contributed by atoms with E-state index in [4.69, 9.17) is 0 Å². The van der Waals surface area contributed by atoms with E-state index in [0.717, 1.165) is 0 Å². The molecular weight excluding hydrogens is 256 g/mol. The summed E-state index contributed by atoms with van der Waals surface area (Å²) in [5.41, 5.74) is 1.67. The molecule has 0 amide bonds. The monoisotopic (exact) mass is 278 g/mol. The molecule has 1 unspecified atom stereocenters. The highest BCUT2D eigenvalue weighted by atomic mass is 79.9. The highest BCUT2D eigenvalue weighted by Crippen LogP contribution is 2.44. The number of hydrogen-bond acceptors (Lipinski definition) is 0. The first-order valence-electron chi connectivity index (χ1n) is 5.79. The third-order valence-corrected chi connectivity index (χ3v) is 22.0. The van der Waals surface area contributed by atoms with Gasteiger partial charge in [0.15, 0.2) is 0 Å². The summed E-state index contributed by atoms with van der Waals surface area (Å²) >= 11 is 4.13. The van der Waals surface area contributed by atoms with Gasteiger partial charge in [-0.2, -0.15) is 0 Å². The summed E-state index contributed by atoms with van der Waals surface area (Å²) in [6.07, 6.45) is 1.54. The Hall–Kier alpha value is 0.914. The molecule has 0 radical (unpaired) electrons. The van der Waals surface area contributed by atoms with Crippen molar-refractivity contribution in [3.63, 3.8) is 0 Å². The summed E-state index contributed by atoms with van der Waals surface area (Å²) in [5, 5.41) is 0. The van der Waals surface area contributed by atoms with Crippen molar-refractivity contribution in [2.24, 2.45) is 0 Å². The molecule has 0 nitrogen and oxygen atoms in total. The fourth-order valence-electron chi connectivity index (χ4n) is 2.78. The van der Waals surface area contributed by atoms with Gasteiger partial charge in [0.2, 0.25) is 0 Å². The molecule has 78 valence electrons. The molecule has 0 aromatic rings. The Morgan fingerprint density at radius 3 is 2.08 bits per heavy atom. The van der Waals surface area contributed by atoms with Crippen molar-refractivity contribution in [2.75, 3.05) is 0 Å². The van der Waals surface area contributed by atoms with Gasteiger partial charge in [0.25, 0.3) is 0 Å². The summed E-state index contributed by atoms with van der Waals surface area (Å²) < 4.78 is 0. The smallest absolute Gasteiger partial charge is 0.126 e. The van der Waals surface area contributed by atoms with Gasteiger partial charge in [0, 0.05) is 0 Å². The Morgan fingerprint density at radius 1 is 1.00 bits per heavy atom. The van der Waals surface area contributed by atoms with Gasteiger partial charge < -0.3 is 0 Å². The zero-order valence-corrected chi connectivity index (χ0v) is 12.9.